The SMILES string of the molecule is CCOC(=O)C(O)C1(Nc2ccc(Br)cc2C(=O)OC)C(=O)N(C(C)C)c2ccc(F)cc21. The van der Waals surface area contributed by atoms with E-state index in [1.54, 1.807) is 26.8 Å². The molecule has 2 aromatic carbocycles. The van der Waals surface area contributed by atoms with E-state index in [0.717, 1.165) is 6.07 Å². The monoisotopic (exact) mass is 522 g/mol. The highest BCUT2D eigenvalue weighted by molar-refractivity contribution is 9.10. The molecule has 2 N–H and O–H groups in total. The van der Waals surface area contributed by atoms with Crippen LogP contribution in [0.1, 0.15) is 36.7 Å². The Morgan fingerprint density at radius 1 is 1.24 bits per heavy atom. The summed E-state index contributed by atoms with van der Waals surface area (Å²) in [6.45, 7) is 5.00. The second-order valence-electron chi connectivity index (χ2n) is 7.70. The molecule has 2 atom stereocenters. The quantitative estimate of drug-likeness (QED) is 0.537. The Kier molecular flexibility index (Phi) is 7.08. The van der Waals surface area contributed by atoms with E-state index in [1.165, 1.54) is 36.3 Å². The number of aliphatic hydroxyl groups excluding tert-OH is 1. The number of aliphatic hydroxyl groups is 1. The highest BCUT2D eigenvalue weighted by atomic mass is 79.9. The highest BCUT2D eigenvalue weighted by Gasteiger charge is 2.59. The lowest BCUT2D eigenvalue weighted by molar-refractivity contribution is -0.159. The average Bonchev–Trinajstić information content (AvgIpc) is 3.02. The summed E-state index contributed by atoms with van der Waals surface area (Å²) >= 11 is 3.28. The Hall–Kier alpha value is -2.98. The molecular weight excluding hydrogens is 499 g/mol. The molecule has 1 aliphatic rings. The summed E-state index contributed by atoms with van der Waals surface area (Å²) < 4.78 is 24.8. The van der Waals surface area contributed by atoms with Gasteiger partial charge in [0.2, 0.25) is 0 Å². The topological polar surface area (TPSA) is 105 Å². The number of benzene rings is 2. The number of anilines is 2. The van der Waals surface area contributed by atoms with Crippen LogP contribution in [0.5, 0.6) is 0 Å². The van der Waals surface area contributed by atoms with E-state index in [-0.39, 0.29) is 29.5 Å². The largest absolute Gasteiger partial charge is 0.465 e. The van der Waals surface area contributed by atoms with Crippen LogP contribution in [0.2, 0.25) is 0 Å². The Morgan fingerprint density at radius 3 is 2.55 bits per heavy atom. The van der Waals surface area contributed by atoms with Crippen LogP contribution in [0, 0.1) is 5.82 Å². The lowest BCUT2D eigenvalue weighted by Crippen LogP contribution is -2.58. The first-order valence-electron chi connectivity index (χ1n) is 10.2. The molecule has 10 heteroatoms. The van der Waals surface area contributed by atoms with Gasteiger partial charge in [0.25, 0.3) is 5.91 Å². The summed E-state index contributed by atoms with van der Waals surface area (Å²) in [7, 11) is 1.20. The van der Waals surface area contributed by atoms with Crippen LogP contribution in [0.15, 0.2) is 40.9 Å². The number of methoxy groups -OCH3 is 1. The summed E-state index contributed by atoms with van der Waals surface area (Å²) in [6.07, 6.45) is -2.05. The van der Waals surface area contributed by atoms with Crippen molar-refractivity contribution in [2.45, 2.75) is 38.5 Å². The first-order chi connectivity index (χ1) is 15.6. The summed E-state index contributed by atoms with van der Waals surface area (Å²) in [6, 6.07) is 7.85. The lowest BCUT2D eigenvalue weighted by atomic mass is 9.84. The number of nitrogens with zero attached hydrogens (tertiary/aromatic N) is 1. The number of esters is 2. The number of halogens is 2. The molecule has 2 aromatic rings. The van der Waals surface area contributed by atoms with Crippen molar-refractivity contribution in [3.8, 4) is 0 Å². The van der Waals surface area contributed by atoms with E-state index < -0.39 is 35.3 Å². The third-order valence-electron chi connectivity index (χ3n) is 5.35. The minimum absolute atomic E-state index is 0.0380. The zero-order chi connectivity index (χ0) is 24.5. The third kappa shape index (κ3) is 4.20. The molecule has 1 heterocycles. The van der Waals surface area contributed by atoms with E-state index in [1.807, 2.05) is 0 Å². The molecule has 33 heavy (non-hydrogen) atoms. The lowest BCUT2D eigenvalue weighted by Gasteiger charge is -2.35. The van der Waals surface area contributed by atoms with Gasteiger partial charge in [0.15, 0.2) is 11.6 Å². The fourth-order valence-corrected chi connectivity index (χ4v) is 4.29. The summed E-state index contributed by atoms with van der Waals surface area (Å²) in [4.78, 5) is 40.3. The van der Waals surface area contributed by atoms with Crippen molar-refractivity contribution in [2.75, 3.05) is 23.9 Å². The predicted molar refractivity (Wildman–Crippen MR) is 122 cm³/mol. The van der Waals surface area contributed by atoms with Gasteiger partial charge in [0.05, 0.1) is 25.0 Å². The molecule has 0 spiro atoms. The molecule has 1 aliphatic heterocycles. The number of nitrogens with one attached hydrogen (secondary N) is 1. The standard InChI is InChI=1S/C23H24BrFN2O6/c1-5-33-21(30)19(28)23(26-17-8-6-13(24)10-15(17)20(29)32-4)16-11-14(25)7-9-18(16)27(12(2)3)22(23)31/h6-12,19,26,28H,5H2,1-4H3. The van der Waals surface area contributed by atoms with Gasteiger partial charge in [-0.25, -0.2) is 14.0 Å². The number of rotatable bonds is 7. The van der Waals surface area contributed by atoms with Crippen molar-refractivity contribution < 1.29 is 33.4 Å². The van der Waals surface area contributed by atoms with Crippen LogP contribution in [0.3, 0.4) is 0 Å². The number of ether oxygens (including phenoxy) is 2. The molecule has 0 bridgehead atoms. The molecule has 8 nitrogen and oxygen atoms in total. The van der Waals surface area contributed by atoms with Crippen molar-refractivity contribution in [3.05, 3.63) is 57.8 Å². The number of amides is 1. The number of fused-ring (bicyclic) bond motifs is 1. The van der Waals surface area contributed by atoms with E-state index in [9.17, 15) is 23.9 Å². The van der Waals surface area contributed by atoms with Gasteiger partial charge in [0, 0.05) is 21.8 Å². The number of hydrogen-bond donors (Lipinski definition) is 2. The van der Waals surface area contributed by atoms with Crippen LogP contribution in [0.25, 0.3) is 0 Å². The molecule has 0 aromatic heterocycles. The Labute approximate surface area is 198 Å². The van der Waals surface area contributed by atoms with E-state index in [2.05, 4.69) is 21.2 Å². The van der Waals surface area contributed by atoms with Crippen LogP contribution in [-0.2, 0) is 24.6 Å². The molecule has 0 saturated carbocycles. The smallest absolute Gasteiger partial charge is 0.340 e. The predicted octanol–water partition coefficient (Wildman–Crippen LogP) is 3.36. The van der Waals surface area contributed by atoms with Gasteiger partial charge in [-0.05, 0) is 57.2 Å². The van der Waals surface area contributed by atoms with Gasteiger partial charge in [0.1, 0.15) is 5.82 Å². The second-order valence-corrected chi connectivity index (χ2v) is 8.62. The Morgan fingerprint density at radius 2 is 1.94 bits per heavy atom. The van der Waals surface area contributed by atoms with E-state index >= 15 is 0 Å². The Balaban J connectivity index is 2.31. The number of hydrogen-bond acceptors (Lipinski definition) is 7. The maximum Gasteiger partial charge on any atom is 0.340 e. The average molecular weight is 523 g/mol. The number of carbonyl (C=O) groups excluding carboxylic acids is 3. The molecule has 2 unspecified atom stereocenters. The van der Waals surface area contributed by atoms with Crippen LogP contribution < -0.4 is 10.2 Å². The summed E-state index contributed by atoms with van der Waals surface area (Å²) in [5.74, 6) is -3.16. The van der Waals surface area contributed by atoms with Crippen molar-refractivity contribution in [1.82, 2.24) is 0 Å². The summed E-state index contributed by atoms with van der Waals surface area (Å²) in [5, 5.41) is 14.1. The van der Waals surface area contributed by atoms with Gasteiger partial charge in [-0.15, -0.1) is 0 Å². The molecule has 0 aliphatic carbocycles. The molecule has 3 rings (SSSR count). The van der Waals surface area contributed by atoms with Gasteiger partial charge in [-0.1, -0.05) is 15.9 Å². The first-order valence-corrected chi connectivity index (χ1v) is 11.0. The van der Waals surface area contributed by atoms with Gasteiger partial charge < -0.3 is 24.8 Å². The fraction of sp³-hybridized carbons (Fsp3) is 0.348. The third-order valence-corrected chi connectivity index (χ3v) is 5.85. The van der Waals surface area contributed by atoms with Crippen molar-refractivity contribution in [1.29, 1.82) is 0 Å². The minimum Gasteiger partial charge on any atom is -0.465 e. The zero-order valence-corrected chi connectivity index (χ0v) is 20.1. The van der Waals surface area contributed by atoms with Gasteiger partial charge in [-0.2, -0.15) is 0 Å². The zero-order valence-electron chi connectivity index (χ0n) is 18.5. The highest BCUT2D eigenvalue weighted by Crippen LogP contribution is 2.46. The van der Waals surface area contributed by atoms with E-state index in [0.29, 0.717) is 10.2 Å². The van der Waals surface area contributed by atoms with Crippen molar-refractivity contribution >= 4 is 45.2 Å². The first kappa shape index (κ1) is 24.7. The second kappa shape index (κ2) is 9.48. The summed E-state index contributed by atoms with van der Waals surface area (Å²) in [5.41, 5.74) is -1.66. The maximum absolute atomic E-state index is 14.4. The molecule has 0 radical (unpaired) electrons. The van der Waals surface area contributed by atoms with Crippen LogP contribution >= 0.6 is 15.9 Å². The maximum atomic E-state index is 14.4. The molecule has 176 valence electrons. The van der Waals surface area contributed by atoms with Crippen LogP contribution in [-0.4, -0.2) is 48.8 Å². The molecule has 0 saturated heterocycles. The molecule has 0 fully saturated rings. The normalized spacial score (nSPS) is 18.2. The van der Waals surface area contributed by atoms with E-state index in [4.69, 9.17) is 9.47 Å². The van der Waals surface area contributed by atoms with Crippen LogP contribution in [0.4, 0.5) is 15.8 Å². The van der Waals surface area contributed by atoms with Crippen molar-refractivity contribution in [3.63, 3.8) is 0 Å². The Bertz CT molecular complexity index is 1110. The number of carbonyl (C=O) groups is 3. The van der Waals surface area contributed by atoms with Gasteiger partial charge >= 0.3 is 11.9 Å². The fourth-order valence-electron chi connectivity index (χ4n) is 3.93. The molecular formula is C23H24BrFN2O6. The van der Waals surface area contributed by atoms with Gasteiger partial charge in [-0.3, -0.25) is 4.79 Å². The molecule has 1 amide bonds. The van der Waals surface area contributed by atoms with Crippen molar-refractivity contribution in [2.24, 2.45) is 0 Å². The minimum atomic E-state index is -2.16.